The fraction of sp³-hybridized carbons (Fsp3) is 0.500. The lowest BCUT2D eigenvalue weighted by atomic mass is 10.0. The van der Waals surface area contributed by atoms with Crippen molar-refractivity contribution < 1.29 is 0 Å². The molecule has 3 heteroatoms. The molecule has 1 atom stereocenters. The molecule has 96 valence electrons. The van der Waals surface area contributed by atoms with Crippen molar-refractivity contribution >= 4 is 16.8 Å². The van der Waals surface area contributed by atoms with Crippen LogP contribution in [0.25, 0.3) is 0 Å². The predicted molar refractivity (Wildman–Crippen MR) is 81.8 cm³/mol. The number of rotatable bonds is 7. The number of nitrogens with one attached hydrogen (secondary N) is 1. The number of hydrogen-bond acceptors (Lipinski definition) is 3. The lowest BCUT2D eigenvalue weighted by Crippen LogP contribution is -2.23. The molecule has 0 aromatic heterocycles. The summed E-state index contributed by atoms with van der Waals surface area (Å²) in [6.07, 6.45) is 9.89. The first-order chi connectivity index (χ1) is 8.21. The van der Waals surface area contributed by atoms with Crippen LogP contribution in [0.15, 0.2) is 41.6 Å². The van der Waals surface area contributed by atoms with Gasteiger partial charge in [-0.05, 0) is 31.2 Å². The van der Waals surface area contributed by atoms with E-state index in [1.165, 1.54) is 5.57 Å². The Balaban J connectivity index is 4.98. The molecule has 0 aliphatic rings. The zero-order valence-electron chi connectivity index (χ0n) is 11.4. The number of thioether (sulfide) groups is 1. The lowest BCUT2D eigenvalue weighted by Gasteiger charge is -2.16. The number of hydrogen-bond donors (Lipinski definition) is 1. The van der Waals surface area contributed by atoms with Crippen molar-refractivity contribution in [2.24, 2.45) is 10.9 Å². The summed E-state index contributed by atoms with van der Waals surface area (Å²) in [6, 6.07) is 0. The van der Waals surface area contributed by atoms with Gasteiger partial charge in [-0.25, -0.2) is 0 Å². The third kappa shape index (κ3) is 6.49. The average Bonchev–Trinajstić information content (AvgIpc) is 2.35. The van der Waals surface area contributed by atoms with Gasteiger partial charge in [0.2, 0.25) is 0 Å². The molecular weight excluding hydrogens is 228 g/mol. The van der Waals surface area contributed by atoms with Gasteiger partial charge in [0.1, 0.15) is 0 Å². The second-order valence-electron chi connectivity index (χ2n) is 3.68. The number of nitrogens with zero attached hydrogens (tertiary/aromatic N) is 1. The predicted octanol–water partition coefficient (Wildman–Crippen LogP) is 3.64. The van der Waals surface area contributed by atoms with Gasteiger partial charge in [0.25, 0.3) is 0 Å². The monoisotopic (exact) mass is 252 g/mol. The van der Waals surface area contributed by atoms with Crippen LogP contribution in [-0.2, 0) is 0 Å². The summed E-state index contributed by atoms with van der Waals surface area (Å²) >= 11 is 1.66. The zero-order chi connectivity index (χ0) is 13.1. The van der Waals surface area contributed by atoms with E-state index in [1.807, 2.05) is 19.3 Å². The molecule has 0 radical (unpaired) electrons. The molecule has 0 rings (SSSR count). The smallest absolute Gasteiger partial charge is 0.0992 e. The minimum Gasteiger partial charge on any atom is -0.316 e. The molecule has 0 spiro atoms. The average molecular weight is 252 g/mol. The van der Waals surface area contributed by atoms with Crippen molar-refractivity contribution in [1.82, 2.24) is 5.32 Å². The topological polar surface area (TPSA) is 24.4 Å². The number of allylic oxidation sites excluding steroid dienone is 3. The molecule has 0 saturated carbocycles. The molecule has 0 aromatic rings. The molecule has 0 saturated heterocycles. The first kappa shape index (κ1) is 16.2. The van der Waals surface area contributed by atoms with Gasteiger partial charge in [-0.2, -0.15) is 0 Å². The van der Waals surface area contributed by atoms with E-state index in [2.05, 4.69) is 42.9 Å². The maximum Gasteiger partial charge on any atom is 0.0992 e. The summed E-state index contributed by atoms with van der Waals surface area (Å²) in [5, 5.41) is 4.42. The molecule has 1 unspecified atom stereocenters. The molecule has 0 aliphatic carbocycles. The quantitative estimate of drug-likeness (QED) is 0.425. The first-order valence-corrected chi connectivity index (χ1v) is 7.20. The molecule has 17 heavy (non-hydrogen) atoms. The molecule has 0 amide bonds. The Hall–Kier alpha value is -0.800. The Morgan fingerprint density at radius 1 is 1.53 bits per heavy atom. The molecule has 0 heterocycles. The highest BCUT2D eigenvalue weighted by Crippen LogP contribution is 2.19. The Kier molecular flexibility index (Phi) is 9.87. The van der Waals surface area contributed by atoms with Crippen LogP contribution in [0.3, 0.4) is 0 Å². The molecule has 0 bridgehead atoms. The first-order valence-electron chi connectivity index (χ1n) is 5.97. The van der Waals surface area contributed by atoms with E-state index < -0.39 is 0 Å². The number of aliphatic imine (C=N–C) groups is 1. The molecule has 2 nitrogen and oxygen atoms in total. The maximum atomic E-state index is 4.34. The van der Waals surface area contributed by atoms with E-state index >= 15 is 0 Å². The third-order valence-corrected chi connectivity index (χ3v) is 3.08. The van der Waals surface area contributed by atoms with Gasteiger partial charge in [-0.15, -0.1) is 11.8 Å². The molecule has 0 aliphatic heterocycles. The van der Waals surface area contributed by atoms with E-state index in [4.69, 9.17) is 0 Å². The van der Waals surface area contributed by atoms with Crippen LogP contribution in [0, 0.1) is 5.92 Å². The van der Waals surface area contributed by atoms with Crippen LogP contribution in [0.2, 0.25) is 0 Å². The minimum atomic E-state index is 0.442. The summed E-state index contributed by atoms with van der Waals surface area (Å²) in [5.74, 6) is 0.442. The van der Waals surface area contributed by atoms with Crippen molar-refractivity contribution in [2.75, 3.05) is 19.3 Å². The standard InChI is InChI=1S/C14H24N2S/c1-6-9-10-13(12(4)11-15-7-2)14(17-5)16-8-3/h6,8-10,12,15H,3,7,11H2,1-2,4-5H3/b9-6-,13-10+,16-14?. The highest BCUT2D eigenvalue weighted by Gasteiger charge is 2.13. The van der Waals surface area contributed by atoms with Crippen LogP contribution < -0.4 is 5.32 Å². The van der Waals surface area contributed by atoms with E-state index in [9.17, 15) is 0 Å². The van der Waals surface area contributed by atoms with Gasteiger partial charge in [0.15, 0.2) is 0 Å². The van der Waals surface area contributed by atoms with E-state index in [0.29, 0.717) is 5.92 Å². The van der Waals surface area contributed by atoms with Gasteiger partial charge >= 0.3 is 0 Å². The van der Waals surface area contributed by atoms with E-state index in [-0.39, 0.29) is 0 Å². The SMILES string of the molecule is C=CN=C(SC)/C(=C/C=C\C)C(C)CNCC. The van der Waals surface area contributed by atoms with Gasteiger partial charge in [-0.1, -0.05) is 38.7 Å². The largest absolute Gasteiger partial charge is 0.316 e. The van der Waals surface area contributed by atoms with Crippen LogP contribution in [-0.4, -0.2) is 24.4 Å². The van der Waals surface area contributed by atoms with Crippen LogP contribution in [0.5, 0.6) is 0 Å². The zero-order valence-corrected chi connectivity index (χ0v) is 12.2. The van der Waals surface area contributed by atoms with E-state index in [1.54, 1.807) is 18.0 Å². The summed E-state index contributed by atoms with van der Waals surface area (Å²) < 4.78 is 0. The van der Waals surface area contributed by atoms with E-state index in [0.717, 1.165) is 18.1 Å². The van der Waals surface area contributed by atoms with Gasteiger partial charge < -0.3 is 5.32 Å². The van der Waals surface area contributed by atoms with Gasteiger partial charge in [0.05, 0.1) is 5.04 Å². The van der Waals surface area contributed by atoms with Crippen LogP contribution >= 0.6 is 11.8 Å². The fourth-order valence-corrected chi connectivity index (χ4v) is 2.13. The second kappa shape index (κ2) is 10.4. The Morgan fingerprint density at radius 2 is 2.24 bits per heavy atom. The summed E-state index contributed by atoms with van der Waals surface area (Å²) in [5.41, 5.74) is 1.26. The van der Waals surface area contributed by atoms with Crippen LogP contribution in [0.4, 0.5) is 0 Å². The van der Waals surface area contributed by atoms with Crippen molar-refractivity contribution in [2.45, 2.75) is 20.8 Å². The highest BCUT2D eigenvalue weighted by atomic mass is 32.2. The van der Waals surface area contributed by atoms with Crippen LogP contribution in [0.1, 0.15) is 20.8 Å². The normalized spacial score (nSPS) is 15.3. The lowest BCUT2D eigenvalue weighted by molar-refractivity contribution is 0.601. The second-order valence-corrected chi connectivity index (χ2v) is 4.47. The third-order valence-electron chi connectivity index (χ3n) is 2.35. The highest BCUT2D eigenvalue weighted by molar-refractivity contribution is 8.13. The molecule has 0 fully saturated rings. The van der Waals surface area contributed by atoms with Gasteiger partial charge in [-0.3, -0.25) is 4.99 Å². The summed E-state index contributed by atoms with van der Waals surface area (Å²) in [4.78, 5) is 4.34. The van der Waals surface area contributed by atoms with Crippen molar-refractivity contribution in [3.8, 4) is 0 Å². The molecule has 0 aromatic carbocycles. The minimum absolute atomic E-state index is 0.442. The maximum absolute atomic E-state index is 4.34. The van der Waals surface area contributed by atoms with Crippen molar-refractivity contribution in [3.05, 3.63) is 36.6 Å². The summed E-state index contributed by atoms with van der Waals surface area (Å²) in [7, 11) is 0. The molecular formula is C14H24N2S. The summed E-state index contributed by atoms with van der Waals surface area (Å²) in [6.45, 7) is 12.0. The fourth-order valence-electron chi connectivity index (χ4n) is 1.45. The Morgan fingerprint density at radius 3 is 2.71 bits per heavy atom. The Labute approximate surface area is 110 Å². The van der Waals surface area contributed by atoms with Crippen molar-refractivity contribution in [3.63, 3.8) is 0 Å². The molecule has 1 N–H and O–H groups in total. The van der Waals surface area contributed by atoms with Crippen molar-refractivity contribution in [1.29, 1.82) is 0 Å². The Bertz CT molecular complexity index is 303. The van der Waals surface area contributed by atoms with Gasteiger partial charge in [0, 0.05) is 12.7 Å².